The van der Waals surface area contributed by atoms with Gasteiger partial charge in [0.15, 0.2) is 0 Å². The van der Waals surface area contributed by atoms with Crippen LogP contribution in [0.25, 0.3) is 0 Å². The average molecular weight is 333 g/mol. The van der Waals surface area contributed by atoms with Crippen LogP contribution in [0, 0.1) is 0 Å². The second-order valence-corrected chi connectivity index (χ2v) is 5.85. The summed E-state index contributed by atoms with van der Waals surface area (Å²) >= 11 is 0. The third-order valence-electron chi connectivity index (χ3n) is 4.31. The lowest BCUT2D eigenvalue weighted by atomic mass is 10.2. The molecule has 0 N–H and O–H groups in total. The SMILES string of the molecule is CCOc1ccc(N(CC(=O)N2CCN(CC)CC2)C(C)=O)cc1. The highest BCUT2D eigenvalue weighted by Gasteiger charge is 2.23. The third kappa shape index (κ3) is 4.71. The molecule has 132 valence electrons. The molecule has 2 amide bonds. The Bertz CT molecular complexity index is 551. The summed E-state index contributed by atoms with van der Waals surface area (Å²) in [6, 6.07) is 7.27. The Hall–Kier alpha value is -2.08. The van der Waals surface area contributed by atoms with E-state index in [1.54, 1.807) is 0 Å². The lowest BCUT2D eigenvalue weighted by Gasteiger charge is -2.35. The lowest BCUT2D eigenvalue weighted by molar-refractivity contribution is -0.132. The molecule has 1 aliphatic heterocycles. The van der Waals surface area contributed by atoms with Gasteiger partial charge in [0.1, 0.15) is 12.3 Å². The van der Waals surface area contributed by atoms with Crippen LogP contribution < -0.4 is 9.64 Å². The summed E-state index contributed by atoms with van der Waals surface area (Å²) in [4.78, 5) is 30.2. The van der Waals surface area contributed by atoms with E-state index in [4.69, 9.17) is 4.74 Å². The molecule has 0 unspecified atom stereocenters. The number of carbonyl (C=O) groups is 2. The van der Waals surface area contributed by atoms with Crippen LogP contribution in [0.4, 0.5) is 5.69 Å². The number of anilines is 1. The molecule has 0 spiro atoms. The van der Waals surface area contributed by atoms with Crippen molar-refractivity contribution in [3.8, 4) is 5.75 Å². The molecular formula is C18H27N3O3. The van der Waals surface area contributed by atoms with Crippen LogP contribution in [0.3, 0.4) is 0 Å². The van der Waals surface area contributed by atoms with E-state index in [-0.39, 0.29) is 18.4 Å². The highest BCUT2D eigenvalue weighted by molar-refractivity contribution is 5.97. The van der Waals surface area contributed by atoms with Crippen molar-refractivity contribution in [2.45, 2.75) is 20.8 Å². The Balaban J connectivity index is 2.00. The molecular weight excluding hydrogens is 306 g/mol. The van der Waals surface area contributed by atoms with Crippen molar-refractivity contribution >= 4 is 17.5 Å². The molecule has 6 nitrogen and oxygen atoms in total. The Morgan fingerprint density at radius 1 is 1.08 bits per heavy atom. The van der Waals surface area contributed by atoms with Gasteiger partial charge in [0.05, 0.1) is 6.61 Å². The number of ether oxygens (including phenoxy) is 1. The second-order valence-electron chi connectivity index (χ2n) is 5.85. The first kappa shape index (κ1) is 18.3. The Kier molecular flexibility index (Phi) is 6.61. The van der Waals surface area contributed by atoms with Crippen molar-refractivity contribution < 1.29 is 14.3 Å². The zero-order valence-corrected chi connectivity index (χ0v) is 14.8. The van der Waals surface area contributed by atoms with Gasteiger partial charge in [-0.3, -0.25) is 9.59 Å². The van der Waals surface area contributed by atoms with Gasteiger partial charge in [-0.1, -0.05) is 6.92 Å². The first-order valence-corrected chi connectivity index (χ1v) is 8.56. The Labute approximate surface area is 144 Å². The molecule has 1 saturated heterocycles. The van der Waals surface area contributed by atoms with Crippen LogP contribution in [0.15, 0.2) is 24.3 Å². The predicted molar refractivity (Wildman–Crippen MR) is 94.3 cm³/mol. The number of likely N-dealkylation sites (N-methyl/N-ethyl adjacent to an activating group) is 1. The second kappa shape index (κ2) is 8.68. The zero-order valence-electron chi connectivity index (χ0n) is 14.8. The highest BCUT2D eigenvalue weighted by atomic mass is 16.5. The molecule has 6 heteroatoms. The fourth-order valence-corrected chi connectivity index (χ4v) is 2.82. The summed E-state index contributed by atoms with van der Waals surface area (Å²) in [5, 5.41) is 0. The molecule has 1 aromatic rings. The minimum atomic E-state index is -0.139. The Morgan fingerprint density at radius 3 is 2.21 bits per heavy atom. The number of amides is 2. The van der Waals surface area contributed by atoms with Gasteiger partial charge in [-0.05, 0) is 37.7 Å². The summed E-state index contributed by atoms with van der Waals surface area (Å²) in [7, 11) is 0. The summed E-state index contributed by atoms with van der Waals surface area (Å²) in [6.07, 6.45) is 0. The van der Waals surface area contributed by atoms with Gasteiger partial charge in [0.25, 0.3) is 0 Å². The molecule has 2 rings (SSSR count). The van der Waals surface area contributed by atoms with Gasteiger partial charge < -0.3 is 19.4 Å². The topological polar surface area (TPSA) is 53.1 Å². The highest BCUT2D eigenvalue weighted by Crippen LogP contribution is 2.20. The predicted octanol–water partition coefficient (Wildman–Crippen LogP) is 1.60. The fraction of sp³-hybridized carbons (Fsp3) is 0.556. The van der Waals surface area contributed by atoms with Gasteiger partial charge in [-0.15, -0.1) is 0 Å². The maximum atomic E-state index is 12.5. The summed E-state index contributed by atoms with van der Waals surface area (Å²) in [6.45, 7) is 10.5. The van der Waals surface area contributed by atoms with Crippen LogP contribution in [-0.4, -0.2) is 67.5 Å². The zero-order chi connectivity index (χ0) is 17.5. The van der Waals surface area contributed by atoms with Crippen LogP contribution in [0.2, 0.25) is 0 Å². The van der Waals surface area contributed by atoms with Crippen molar-refractivity contribution in [3.05, 3.63) is 24.3 Å². The number of piperazine rings is 1. The maximum Gasteiger partial charge on any atom is 0.242 e. The minimum Gasteiger partial charge on any atom is -0.494 e. The molecule has 1 fully saturated rings. The van der Waals surface area contributed by atoms with E-state index in [0.717, 1.165) is 38.5 Å². The third-order valence-corrected chi connectivity index (χ3v) is 4.31. The lowest BCUT2D eigenvalue weighted by Crippen LogP contribution is -2.51. The number of rotatable bonds is 6. The van der Waals surface area contributed by atoms with Crippen molar-refractivity contribution in [3.63, 3.8) is 0 Å². The number of carbonyl (C=O) groups excluding carboxylic acids is 2. The molecule has 0 bridgehead atoms. The quantitative estimate of drug-likeness (QED) is 0.793. The maximum absolute atomic E-state index is 12.5. The summed E-state index contributed by atoms with van der Waals surface area (Å²) in [5.74, 6) is 0.612. The first-order chi connectivity index (χ1) is 11.5. The molecule has 1 heterocycles. The first-order valence-electron chi connectivity index (χ1n) is 8.56. The van der Waals surface area contributed by atoms with E-state index in [0.29, 0.717) is 12.3 Å². The molecule has 0 radical (unpaired) electrons. The van der Waals surface area contributed by atoms with E-state index < -0.39 is 0 Å². The molecule has 0 aromatic heterocycles. The van der Waals surface area contributed by atoms with E-state index in [2.05, 4.69) is 11.8 Å². The number of hydrogen-bond acceptors (Lipinski definition) is 4. The molecule has 1 aliphatic rings. The number of hydrogen-bond donors (Lipinski definition) is 0. The molecule has 0 aliphatic carbocycles. The molecule has 0 saturated carbocycles. The van der Waals surface area contributed by atoms with Crippen molar-refractivity contribution in [1.29, 1.82) is 0 Å². The van der Waals surface area contributed by atoms with Crippen LogP contribution >= 0.6 is 0 Å². The normalized spacial score (nSPS) is 15.2. The van der Waals surface area contributed by atoms with Crippen LogP contribution in [0.5, 0.6) is 5.75 Å². The molecule has 1 aromatic carbocycles. The van der Waals surface area contributed by atoms with E-state index in [1.807, 2.05) is 36.1 Å². The summed E-state index contributed by atoms with van der Waals surface area (Å²) < 4.78 is 5.41. The standard InChI is InChI=1S/C18H27N3O3/c1-4-19-10-12-20(13-11-19)18(23)14-21(15(3)22)16-6-8-17(9-7-16)24-5-2/h6-9H,4-5,10-14H2,1-3H3. The number of nitrogens with zero attached hydrogens (tertiary/aromatic N) is 3. The van der Waals surface area contributed by atoms with Crippen LogP contribution in [0.1, 0.15) is 20.8 Å². The average Bonchev–Trinajstić information content (AvgIpc) is 2.60. The van der Waals surface area contributed by atoms with Gasteiger partial charge in [0, 0.05) is 38.8 Å². The fourth-order valence-electron chi connectivity index (χ4n) is 2.82. The van der Waals surface area contributed by atoms with E-state index in [1.165, 1.54) is 11.8 Å². The van der Waals surface area contributed by atoms with E-state index >= 15 is 0 Å². The molecule has 24 heavy (non-hydrogen) atoms. The molecule has 0 atom stereocenters. The smallest absolute Gasteiger partial charge is 0.242 e. The number of benzene rings is 1. The van der Waals surface area contributed by atoms with Crippen LogP contribution in [-0.2, 0) is 9.59 Å². The Morgan fingerprint density at radius 2 is 1.71 bits per heavy atom. The minimum absolute atomic E-state index is 0.00478. The van der Waals surface area contributed by atoms with Crippen molar-refractivity contribution in [1.82, 2.24) is 9.80 Å². The van der Waals surface area contributed by atoms with Gasteiger partial charge >= 0.3 is 0 Å². The van der Waals surface area contributed by atoms with Crippen molar-refractivity contribution in [2.75, 3.05) is 50.8 Å². The van der Waals surface area contributed by atoms with Gasteiger partial charge in [-0.25, -0.2) is 0 Å². The monoisotopic (exact) mass is 333 g/mol. The van der Waals surface area contributed by atoms with Gasteiger partial charge in [-0.2, -0.15) is 0 Å². The van der Waals surface area contributed by atoms with E-state index in [9.17, 15) is 9.59 Å². The van der Waals surface area contributed by atoms with Crippen molar-refractivity contribution in [2.24, 2.45) is 0 Å². The van der Waals surface area contributed by atoms with Gasteiger partial charge in [0.2, 0.25) is 11.8 Å². The largest absolute Gasteiger partial charge is 0.494 e. The summed E-state index contributed by atoms with van der Waals surface area (Å²) in [5.41, 5.74) is 0.714.